The molecule has 0 aliphatic carbocycles. The molecule has 148 valence electrons. The van der Waals surface area contributed by atoms with Crippen LogP contribution in [0.4, 0.5) is 5.69 Å². The third-order valence-corrected chi connectivity index (χ3v) is 4.40. The summed E-state index contributed by atoms with van der Waals surface area (Å²) in [4.78, 5) is 35.2. The van der Waals surface area contributed by atoms with E-state index in [1.54, 1.807) is 0 Å². The number of carbonyl (C=O) groups is 3. The first-order valence-electron chi connectivity index (χ1n) is 8.10. The molecule has 0 saturated carbocycles. The average Bonchev–Trinajstić information content (AvgIpc) is 2.65. The summed E-state index contributed by atoms with van der Waals surface area (Å²) in [5.41, 5.74) is 1.52. The first kappa shape index (κ1) is 21.1. The zero-order valence-corrected chi connectivity index (χ0v) is 16.1. The molecule has 0 aliphatic heterocycles. The summed E-state index contributed by atoms with van der Waals surface area (Å²) in [5.74, 6) is -1.87. The molecule has 0 unspecified atom stereocenters. The number of amides is 1. The summed E-state index contributed by atoms with van der Waals surface area (Å²) in [6.07, 6.45) is 1.12. The molecule has 8 nitrogen and oxygen atoms in total. The van der Waals surface area contributed by atoms with Crippen LogP contribution < -0.4 is 5.32 Å². The molecular weight excluding hydrogens is 386 g/mol. The Morgan fingerprint density at radius 1 is 0.893 bits per heavy atom. The number of rotatable bonds is 7. The van der Waals surface area contributed by atoms with Gasteiger partial charge in [-0.25, -0.2) is 18.0 Å². The molecule has 2 aromatic rings. The summed E-state index contributed by atoms with van der Waals surface area (Å²) in [7, 11) is -1.90. The van der Waals surface area contributed by atoms with Crippen LogP contribution in [0.1, 0.15) is 26.3 Å². The minimum absolute atomic E-state index is 0.125. The van der Waals surface area contributed by atoms with Gasteiger partial charge in [-0.2, -0.15) is 0 Å². The standard InChI is InChI=1S/C19H19NO7S/c1-26-18(22)14-7-9-16(10-8-14)20-17(21)11-27-19(23)15-5-3-13(4-6-15)12-28(2,24)25/h3-10H,11-12H2,1-2H3,(H,20,21). The molecule has 28 heavy (non-hydrogen) atoms. The first-order valence-corrected chi connectivity index (χ1v) is 10.2. The Morgan fingerprint density at radius 3 is 1.96 bits per heavy atom. The van der Waals surface area contributed by atoms with Gasteiger partial charge in [0.05, 0.1) is 24.0 Å². The molecule has 0 saturated heterocycles. The highest BCUT2D eigenvalue weighted by molar-refractivity contribution is 7.89. The Balaban J connectivity index is 1.86. The topological polar surface area (TPSA) is 116 Å². The van der Waals surface area contributed by atoms with Crippen molar-refractivity contribution in [2.45, 2.75) is 5.75 Å². The number of sulfone groups is 1. The lowest BCUT2D eigenvalue weighted by atomic mass is 10.1. The van der Waals surface area contributed by atoms with E-state index < -0.39 is 34.3 Å². The smallest absolute Gasteiger partial charge is 0.338 e. The van der Waals surface area contributed by atoms with E-state index in [9.17, 15) is 22.8 Å². The maximum absolute atomic E-state index is 12.0. The Labute approximate surface area is 162 Å². The Morgan fingerprint density at radius 2 is 1.43 bits per heavy atom. The van der Waals surface area contributed by atoms with Crippen molar-refractivity contribution in [2.75, 3.05) is 25.3 Å². The van der Waals surface area contributed by atoms with Gasteiger partial charge in [-0.05, 0) is 42.0 Å². The molecule has 0 aliphatic rings. The SMILES string of the molecule is COC(=O)c1ccc(NC(=O)COC(=O)c2ccc(CS(C)(=O)=O)cc2)cc1. The van der Waals surface area contributed by atoms with E-state index in [2.05, 4.69) is 10.1 Å². The van der Waals surface area contributed by atoms with Crippen molar-refractivity contribution in [1.29, 1.82) is 0 Å². The van der Waals surface area contributed by atoms with Gasteiger partial charge in [-0.15, -0.1) is 0 Å². The summed E-state index contributed by atoms with van der Waals surface area (Å²) in [5, 5.41) is 2.53. The number of benzene rings is 2. The zero-order valence-electron chi connectivity index (χ0n) is 15.3. The normalized spacial score (nSPS) is 10.8. The summed E-state index contributed by atoms with van der Waals surface area (Å²) in [6.45, 7) is -0.497. The van der Waals surface area contributed by atoms with Crippen LogP contribution in [0.25, 0.3) is 0 Å². The lowest BCUT2D eigenvalue weighted by Gasteiger charge is -2.08. The molecule has 1 N–H and O–H groups in total. The first-order chi connectivity index (χ1) is 13.2. The number of esters is 2. The second-order valence-corrected chi connectivity index (χ2v) is 8.10. The fraction of sp³-hybridized carbons (Fsp3) is 0.211. The lowest BCUT2D eigenvalue weighted by molar-refractivity contribution is -0.119. The molecule has 0 fully saturated rings. The number of anilines is 1. The maximum atomic E-state index is 12.0. The van der Waals surface area contributed by atoms with Crippen LogP contribution in [0.3, 0.4) is 0 Å². The van der Waals surface area contributed by atoms with Crippen LogP contribution in [-0.2, 0) is 29.9 Å². The third-order valence-electron chi connectivity index (χ3n) is 3.54. The monoisotopic (exact) mass is 405 g/mol. The zero-order chi connectivity index (χ0) is 20.7. The van der Waals surface area contributed by atoms with Crippen LogP contribution >= 0.6 is 0 Å². The van der Waals surface area contributed by atoms with Crippen molar-refractivity contribution in [3.8, 4) is 0 Å². The van der Waals surface area contributed by atoms with E-state index in [4.69, 9.17) is 4.74 Å². The Hall–Kier alpha value is -3.20. The van der Waals surface area contributed by atoms with Crippen LogP contribution in [0.2, 0.25) is 0 Å². The molecule has 0 heterocycles. The molecule has 0 spiro atoms. The van der Waals surface area contributed by atoms with Crippen molar-refractivity contribution in [3.63, 3.8) is 0 Å². The Kier molecular flexibility index (Phi) is 6.89. The van der Waals surface area contributed by atoms with Gasteiger partial charge in [0, 0.05) is 11.9 Å². The van der Waals surface area contributed by atoms with E-state index >= 15 is 0 Å². The highest BCUT2D eigenvalue weighted by Crippen LogP contribution is 2.11. The molecule has 0 atom stereocenters. The van der Waals surface area contributed by atoms with Crippen LogP contribution in [0.15, 0.2) is 48.5 Å². The number of methoxy groups -OCH3 is 1. The number of carbonyl (C=O) groups excluding carboxylic acids is 3. The highest BCUT2D eigenvalue weighted by atomic mass is 32.2. The minimum atomic E-state index is -3.17. The third kappa shape index (κ3) is 6.51. The molecule has 9 heteroatoms. The van der Waals surface area contributed by atoms with E-state index in [0.717, 1.165) is 6.26 Å². The maximum Gasteiger partial charge on any atom is 0.338 e. The van der Waals surface area contributed by atoms with Gasteiger partial charge in [0.2, 0.25) is 0 Å². The predicted molar refractivity (Wildman–Crippen MR) is 102 cm³/mol. The van der Waals surface area contributed by atoms with Crippen molar-refractivity contribution in [1.82, 2.24) is 0 Å². The highest BCUT2D eigenvalue weighted by Gasteiger charge is 2.12. The molecule has 0 bridgehead atoms. The molecule has 0 aromatic heterocycles. The lowest BCUT2D eigenvalue weighted by Crippen LogP contribution is -2.21. The fourth-order valence-electron chi connectivity index (χ4n) is 2.26. The van der Waals surface area contributed by atoms with Gasteiger partial charge in [0.1, 0.15) is 0 Å². The molecule has 1 amide bonds. The molecule has 2 rings (SSSR count). The van der Waals surface area contributed by atoms with Gasteiger partial charge in [-0.3, -0.25) is 4.79 Å². The molecule has 0 radical (unpaired) electrons. The largest absolute Gasteiger partial charge is 0.465 e. The quantitative estimate of drug-likeness (QED) is 0.699. The average molecular weight is 405 g/mol. The van der Waals surface area contributed by atoms with Crippen molar-refractivity contribution in [2.24, 2.45) is 0 Å². The van der Waals surface area contributed by atoms with Crippen molar-refractivity contribution >= 4 is 33.4 Å². The van der Waals surface area contributed by atoms with E-state index in [-0.39, 0.29) is 11.3 Å². The van der Waals surface area contributed by atoms with Gasteiger partial charge in [0.25, 0.3) is 5.91 Å². The van der Waals surface area contributed by atoms with Crippen molar-refractivity contribution < 1.29 is 32.3 Å². The number of nitrogens with one attached hydrogen (secondary N) is 1. The van der Waals surface area contributed by atoms with E-state index in [1.165, 1.54) is 55.6 Å². The molecule has 2 aromatic carbocycles. The van der Waals surface area contributed by atoms with Gasteiger partial charge < -0.3 is 14.8 Å². The summed E-state index contributed by atoms with van der Waals surface area (Å²) >= 11 is 0. The predicted octanol–water partition coefficient (Wildman–Crippen LogP) is 1.81. The van der Waals surface area contributed by atoms with Crippen LogP contribution in [0, 0.1) is 0 Å². The number of ether oxygens (including phenoxy) is 2. The van der Waals surface area contributed by atoms with Gasteiger partial charge in [-0.1, -0.05) is 12.1 Å². The van der Waals surface area contributed by atoms with Gasteiger partial charge >= 0.3 is 11.9 Å². The Bertz CT molecular complexity index is 964. The van der Waals surface area contributed by atoms with Crippen LogP contribution in [0.5, 0.6) is 0 Å². The second-order valence-electron chi connectivity index (χ2n) is 5.96. The van der Waals surface area contributed by atoms with Crippen molar-refractivity contribution in [3.05, 3.63) is 65.2 Å². The summed E-state index contributed by atoms with van der Waals surface area (Å²) < 4.78 is 32.0. The van der Waals surface area contributed by atoms with Gasteiger partial charge in [0.15, 0.2) is 16.4 Å². The molecular formula is C19H19NO7S. The van der Waals surface area contributed by atoms with Crippen LogP contribution in [-0.4, -0.2) is 46.2 Å². The minimum Gasteiger partial charge on any atom is -0.465 e. The number of hydrogen-bond donors (Lipinski definition) is 1. The van der Waals surface area contributed by atoms with E-state index in [0.29, 0.717) is 16.8 Å². The van der Waals surface area contributed by atoms with E-state index in [1.807, 2.05) is 0 Å². The summed E-state index contributed by atoms with van der Waals surface area (Å²) in [6, 6.07) is 11.9. The second kappa shape index (κ2) is 9.14. The number of hydrogen-bond acceptors (Lipinski definition) is 7. The fourth-order valence-corrected chi connectivity index (χ4v) is 3.06.